The number of rotatable bonds is 5. The molecule has 8 heteroatoms. The molecule has 1 aliphatic carbocycles. The van der Waals surface area contributed by atoms with E-state index in [1.54, 1.807) is 27.4 Å². The van der Waals surface area contributed by atoms with Crippen LogP contribution >= 0.6 is 11.6 Å². The fourth-order valence-corrected chi connectivity index (χ4v) is 4.67. The van der Waals surface area contributed by atoms with Gasteiger partial charge in [0.15, 0.2) is 0 Å². The van der Waals surface area contributed by atoms with Crippen molar-refractivity contribution in [2.75, 3.05) is 6.61 Å². The van der Waals surface area contributed by atoms with Crippen LogP contribution in [0.3, 0.4) is 0 Å². The number of aliphatic hydroxyl groups excluding tert-OH is 1. The first-order chi connectivity index (χ1) is 15.4. The summed E-state index contributed by atoms with van der Waals surface area (Å²) in [6.07, 6.45) is 5.39. The normalized spacial score (nSPS) is 18.0. The van der Waals surface area contributed by atoms with Crippen LogP contribution in [0.1, 0.15) is 28.9 Å². The second-order valence-electron chi connectivity index (χ2n) is 8.43. The average molecular weight is 450 g/mol. The Kier molecular flexibility index (Phi) is 5.23. The standard InChI is InChI=1S/C24H24ClN5O2/c1-14-20(12-29(2)28-14)18-5-3-4-6-19(18)22-23(25)30-8-7-16(11-21(30)27-22)24(32)26-17-9-15(10-17)13-31/h3-8,11-12,15,17,31H,9-10,13H2,1-2H3,(H,26,32). The molecule has 4 aromatic rings. The van der Waals surface area contributed by atoms with Crippen LogP contribution in [-0.4, -0.2) is 42.8 Å². The number of hydrogen-bond acceptors (Lipinski definition) is 4. The number of imidazole rings is 1. The van der Waals surface area contributed by atoms with Gasteiger partial charge < -0.3 is 10.4 Å². The molecular formula is C24H24ClN5O2. The highest BCUT2D eigenvalue weighted by Crippen LogP contribution is 2.37. The van der Waals surface area contributed by atoms with Gasteiger partial charge in [0.2, 0.25) is 0 Å². The molecule has 3 heterocycles. The Balaban J connectivity index is 1.50. The Morgan fingerprint density at radius 2 is 1.97 bits per heavy atom. The molecule has 2 N–H and O–H groups in total. The highest BCUT2D eigenvalue weighted by molar-refractivity contribution is 6.32. The lowest BCUT2D eigenvalue weighted by Crippen LogP contribution is -2.45. The monoisotopic (exact) mass is 449 g/mol. The minimum Gasteiger partial charge on any atom is -0.396 e. The van der Waals surface area contributed by atoms with Crippen molar-refractivity contribution >= 4 is 23.2 Å². The summed E-state index contributed by atoms with van der Waals surface area (Å²) in [5.41, 5.74) is 5.67. The summed E-state index contributed by atoms with van der Waals surface area (Å²) >= 11 is 6.73. The number of aliphatic hydroxyl groups is 1. The Morgan fingerprint density at radius 1 is 1.22 bits per heavy atom. The molecular weight excluding hydrogens is 426 g/mol. The molecule has 0 spiro atoms. The van der Waals surface area contributed by atoms with Crippen LogP contribution in [-0.2, 0) is 7.05 Å². The van der Waals surface area contributed by atoms with E-state index >= 15 is 0 Å². The van der Waals surface area contributed by atoms with Gasteiger partial charge in [-0.1, -0.05) is 35.9 Å². The highest BCUT2D eigenvalue weighted by Gasteiger charge is 2.30. The fraction of sp³-hybridized carbons (Fsp3) is 0.292. The molecule has 1 aliphatic rings. The third kappa shape index (κ3) is 3.57. The molecule has 0 radical (unpaired) electrons. The van der Waals surface area contributed by atoms with E-state index in [4.69, 9.17) is 21.7 Å². The molecule has 0 atom stereocenters. The molecule has 0 bridgehead atoms. The lowest BCUT2D eigenvalue weighted by Gasteiger charge is -2.34. The zero-order valence-corrected chi connectivity index (χ0v) is 18.7. The zero-order valence-electron chi connectivity index (χ0n) is 17.9. The Bertz CT molecular complexity index is 1320. The van der Waals surface area contributed by atoms with Crippen LogP contribution in [0, 0.1) is 12.8 Å². The van der Waals surface area contributed by atoms with Crippen LogP contribution in [0.15, 0.2) is 48.8 Å². The van der Waals surface area contributed by atoms with Gasteiger partial charge in [-0.25, -0.2) is 4.98 Å². The number of amides is 1. The summed E-state index contributed by atoms with van der Waals surface area (Å²) in [4.78, 5) is 17.5. The molecule has 1 saturated carbocycles. The average Bonchev–Trinajstić information content (AvgIpc) is 3.28. The lowest BCUT2D eigenvalue weighted by molar-refractivity contribution is 0.0832. The Labute approximate surface area is 190 Å². The maximum atomic E-state index is 12.7. The maximum absolute atomic E-state index is 12.7. The van der Waals surface area contributed by atoms with E-state index in [-0.39, 0.29) is 18.6 Å². The first-order valence-electron chi connectivity index (χ1n) is 10.6. The summed E-state index contributed by atoms with van der Waals surface area (Å²) in [7, 11) is 1.90. The van der Waals surface area contributed by atoms with E-state index in [1.807, 2.05) is 44.4 Å². The molecule has 3 aromatic heterocycles. The van der Waals surface area contributed by atoms with E-state index in [2.05, 4.69) is 10.4 Å². The second-order valence-corrected chi connectivity index (χ2v) is 8.79. The van der Waals surface area contributed by atoms with E-state index in [1.165, 1.54) is 0 Å². The number of hydrogen-bond donors (Lipinski definition) is 2. The Hall–Kier alpha value is -3.16. The van der Waals surface area contributed by atoms with Crippen LogP contribution in [0.2, 0.25) is 5.15 Å². The molecule has 7 nitrogen and oxygen atoms in total. The first-order valence-corrected chi connectivity index (χ1v) is 11.0. The number of aryl methyl sites for hydroxylation is 2. The quantitative estimate of drug-likeness (QED) is 0.484. The summed E-state index contributed by atoms with van der Waals surface area (Å²) < 4.78 is 3.58. The van der Waals surface area contributed by atoms with Gasteiger partial charge in [0, 0.05) is 48.8 Å². The topological polar surface area (TPSA) is 84.5 Å². The van der Waals surface area contributed by atoms with Crippen molar-refractivity contribution in [2.45, 2.75) is 25.8 Å². The highest BCUT2D eigenvalue weighted by atomic mass is 35.5. The van der Waals surface area contributed by atoms with Gasteiger partial charge in [0.25, 0.3) is 5.91 Å². The van der Waals surface area contributed by atoms with Gasteiger partial charge in [-0.15, -0.1) is 0 Å². The summed E-state index contributed by atoms with van der Waals surface area (Å²) in [5, 5.41) is 17.1. The third-order valence-corrected chi connectivity index (χ3v) is 6.51. The number of halogens is 1. The number of benzene rings is 1. The molecule has 164 valence electrons. The van der Waals surface area contributed by atoms with Crippen molar-refractivity contribution < 1.29 is 9.90 Å². The van der Waals surface area contributed by atoms with Crippen LogP contribution in [0.25, 0.3) is 28.0 Å². The van der Waals surface area contributed by atoms with Crippen molar-refractivity contribution in [1.82, 2.24) is 24.5 Å². The first kappa shape index (κ1) is 20.7. The largest absolute Gasteiger partial charge is 0.396 e. The van der Waals surface area contributed by atoms with Gasteiger partial charge in [-0.3, -0.25) is 13.9 Å². The molecule has 1 fully saturated rings. The van der Waals surface area contributed by atoms with Gasteiger partial charge in [0.1, 0.15) is 16.5 Å². The van der Waals surface area contributed by atoms with Crippen LogP contribution in [0.4, 0.5) is 0 Å². The molecule has 5 rings (SSSR count). The fourth-order valence-electron chi connectivity index (χ4n) is 4.39. The molecule has 32 heavy (non-hydrogen) atoms. The summed E-state index contributed by atoms with van der Waals surface area (Å²) in [6.45, 7) is 2.15. The number of nitrogens with zero attached hydrogens (tertiary/aromatic N) is 4. The molecule has 0 saturated heterocycles. The van der Waals surface area contributed by atoms with Crippen molar-refractivity contribution in [2.24, 2.45) is 13.0 Å². The number of fused-ring (bicyclic) bond motifs is 1. The number of carbonyl (C=O) groups is 1. The summed E-state index contributed by atoms with van der Waals surface area (Å²) in [5.74, 6) is 0.154. The molecule has 1 amide bonds. The SMILES string of the molecule is Cc1nn(C)cc1-c1ccccc1-c1nc2cc(C(=O)NC3CC(CO)C3)ccn2c1Cl. The van der Waals surface area contributed by atoms with Crippen LogP contribution < -0.4 is 5.32 Å². The van der Waals surface area contributed by atoms with E-state index in [0.29, 0.717) is 28.0 Å². The van der Waals surface area contributed by atoms with Gasteiger partial charge >= 0.3 is 0 Å². The van der Waals surface area contributed by atoms with E-state index in [9.17, 15) is 4.79 Å². The van der Waals surface area contributed by atoms with Gasteiger partial charge in [-0.2, -0.15) is 5.10 Å². The number of aromatic nitrogens is 4. The number of nitrogens with one attached hydrogen (secondary N) is 1. The minimum atomic E-state index is -0.138. The number of pyridine rings is 1. The van der Waals surface area contributed by atoms with Gasteiger partial charge in [0.05, 0.1) is 5.69 Å². The smallest absolute Gasteiger partial charge is 0.251 e. The van der Waals surface area contributed by atoms with Crippen molar-refractivity contribution in [1.29, 1.82) is 0 Å². The predicted octanol–water partition coefficient (Wildman–Crippen LogP) is 3.86. The molecule has 1 aromatic carbocycles. The zero-order chi connectivity index (χ0) is 22.4. The third-order valence-electron chi connectivity index (χ3n) is 6.14. The molecule has 0 aliphatic heterocycles. The van der Waals surface area contributed by atoms with E-state index in [0.717, 1.165) is 35.2 Å². The predicted molar refractivity (Wildman–Crippen MR) is 124 cm³/mol. The van der Waals surface area contributed by atoms with Crippen molar-refractivity contribution in [3.8, 4) is 22.4 Å². The van der Waals surface area contributed by atoms with Crippen molar-refractivity contribution in [3.05, 3.63) is 65.2 Å². The minimum absolute atomic E-state index is 0.115. The Morgan fingerprint density at radius 3 is 2.66 bits per heavy atom. The lowest BCUT2D eigenvalue weighted by atomic mass is 9.81. The van der Waals surface area contributed by atoms with Crippen LogP contribution in [0.5, 0.6) is 0 Å². The summed E-state index contributed by atoms with van der Waals surface area (Å²) in [6, 6.07) is 11.6. The number of carbonyl (C=O) groups excluding carboxylic acids is 1. The maximum Gasteiger partial charge on any atom is 0.251 e. The second kappa shape index (κ2) is 8.07. The molecule has 0 unspecified atom stereocenters. The van der Waals surface area contributed by atoms with Gasteiger partial charge in [-0.05, 0) is 43.4 Å². The van der Waals surface area contributed by atoms with Crippen molar-refractivity contribution in [3.63, 3.8) is 0 Å². The van der Waals surface area contributed by atoms with E-state index < -0.39 is 0 Å².